The summed E-state index contributed by atoms with van der Waals surface area (Å²) in [7, 11) is 0. The molecule has 2 rings (SSSR count). The van der Waals surface area contributed by atoms with Crippen LogP contribution in [0.2, 0.25) is 0 Å². The van der Waals surface area contributed by atoms with E-state index in [0.717, 1.165) is 12.8 Å². The van der Waals surface area contributed by atoms with Gasteiger partial charge in [-0.15, -0.1) is 11.8 Å². The first-order chi connectivity index (χ1) is 8.15. The lowest BCUT2D eigenvalue weighted by Gasteiger charge is -2.22. The molecule has 3 N–H and O–H groups in total. The molecule has 1 aliphatic carbocycles. The lowest BCUT2D eigenvalue weighted by atomic mass is 9.96. The molecule has 17 heavy (non-hydrogen) atoms. The predicted molar refractivity (Wildman–Crippen MR) is 67.5 cm³/mol. The van der Waals surface area contributed by atoms with Crippen molar-refractivity contribution in [2.45, 2.75) is 43.2 Å². The number of thioether (sulfide) groups is 1. The summed E-state index contributed by atoms with van der Waals surface area (Å²) in [5.41, 5.74) is 6.07. The molecule has 0 amide bonds. The van der Waals surface area contributed by atoms with Crippen LogP contribution in [0.15, 0.2) is 5.03 Å². The smallest absolute Gasteiger partial charge is 0.342 e. The summed E-state index contributed by atoms with van der Waals surface area (Å²) in [6.07, 6.45) is 7.48. The Bertz CT molecular complexity index is 425. The Kier molecular flexibility index (Phi) is 3.61. The van der Waals surface area contributed by atoms with Gasteiger partial charge in [0.15, 0.2) is 0 Å². The molecule has 1 aromatic heterocycles. The van der Waals surface area contributed by atoms with Gasteiger partial charge in [-0.25, -0.2) is 9.48 Å². The number of carboxylic acids is 1. The number of nitrogens with two attached hydrogens (primary N) is 1. The van der Waals surface area contributed by atoms with Crippen LogP contribution in [0.5, 0.6) is 0 Å². The molecule has 0 bridgehead atoms. The lowest BCUT2D eigenvalue weighted by molar-refractivity contribution is 0.0694. The summed E-state index contributed by atoms with van der Waals surface area (Å²) < 4.78 is 1.72. The summed E-state index contributed by atoms with van der Waals surface area (Å²) in [4.78, 5) is 11.2. The molecule has 0 unspecified atom stereocenters. The highest BCUT2D eigenvalue weighted by molar-refractivity contribution is 7.98. The zero-order valence-electron chi connectivity index (χ0n) is 9.85. The number of carbonyl (C=O) groups is 1. The Labute approximate surface area is 104 Å². The molecular weight excluding hydrogens is 238 g/mol. The second kappa shape index (κ2) is 5.00. The Balaban J connectivity index is 2.37. The van der Waals surface area contributed by atoms with Gasteiger partial charge in [0.1, 0.15) is 16.4 Å². The normalized spacial score (nSPS) is 17.2. The Morgan fingerprint density at radius 1 is 1.47 bits per heavy atom. The number of rotatable bonds is 3. The summed E-state index contributed by atoms with van der Waals surface area (Å²) >= 11 is 1.33. The van der Waals surface area contributed by atoms with E-state index in [4.69, 9.17) is 10.8 Å². The number of aromatic carboxylic acids is 1. The van der Waals surface area contributed by atoms with Crippen molar-refractivity contribution >= 4 is 23.5 Å². The molecule has 6 heteroatoms. The van der Waals surface area contributed by atoms with Gasteiger partial charge < -0.3 is 10.8 Å². The maximum Gasteiger partial charge on any atom is 0.342 e. The van der Waals surface area contributed by atoms with Gasteiger partial charge in [0.05, 0.1) is 6.04 Å². The summed E-state index contributed by atoms with van der Waals surface area (Å²) in [5, 5.41) is 14.0. The van der Waals surface area contributed by atoms with Gasteiger partial charge in [-0.3, -0.25) is 0 Å². The number of hydrogen-bond acceptors (Lipinski definition) is 4. The maximum atomic E-state index is 11.2. The highest BCUT2D eigenvalue weighted by atomic mass is 32.2. The minimum absolute atomic E-state index is 0.156. The largest absolute Gasteiger partial charge is 0.477 e. The Hall–Kier alpha value is -1.17. The third-order valence-corrected chi connectivity index (χ3v) is 3.92. The molecule has 0 atom stereocenters. The van der Waals surface area contributed by atoms with Crippen molar-refractivity contribution in [1.82, 2.24) is 9.78 Å². The summed E-state index contributed by atoms with van der Waals surface area (Å²) in [6, 6.07) is 0.266. The molecular formula is C11H17N3O2S. The molecule has 0 aromatic carbocycles. The van der Waals surface area contributed by atoms with Crippen molar-refractivity contribution in [3.63, 3.8) is 0 Å². The van der Waals surface area contributed by atoms with Crippen molar-refractivity contribution < 1.29 is 9.90 Å². The van der Waals surface area contributed by atoms with Crippen LogP contribution < -0.4 is 5.73 Å². The molecule has 1 aliphatic rings. The molecule has 5 nitrogen and oxygen atoms in total. The summed E-state index contributed by atoms with van der Waals surface area (Å²) in [6.45, 7) is 0. The van der Waals surface area contributed by atoms with E-state index in [0.29, 0.717) is 10.8 Å². The van der Waals surface area contributed by atoms with Gasteiger partial charge in [-0.1, -0.05) is 19.3 Å². The zero-order chi connectivity index (χ0) is 12.4. The molecule has 0 saturated heterocycles. The second-order valence-electron chi connectivity index (χ2n) is 4.31. The topological polar surface area (TPSA) is 81.1 Å². The molecule has 1 saturated carbocycles. The minimum atomic E-state index is -0.992. The Morgan fingerprint density at radius 2 is 2.12 bits per heavy atom. The van der Waals surface area contributed by atoms with Crippen LogP contribution >= 0.6 is 11.8 Å². The first kappa shape index (κ1) is 12.3. The standard InChI is InChI=1S/C11H17N3O2S/c1-17-10-8(11(15)16)9(12)14(13-10)7-5-3-2-4-6-7/h7H,2-6,12H2,1H3,(H,15,16). The molecule has 0 aliphatic heterocycles. The molecule has 0 spiro atoms. The van der Waals surface area contributed by atoms with Crippen LogP contribution in [0.25, 0.3) is 0 Å². The van der Waals surface area contributed by atoms with Crippen LogP contribution in [-0.2, 0) is 0 Å². The quantitative estimate of drug-likeness (QED) is 0.810. The third-order valence-electron chi connectivity index (χ3n) is 3.24. The SMILES string of the molecule is CSc1nn(C2CCCCC2)c(N)c1C(=O)O. The van der Waals surface area contributed by atoms with Crippen molar-refractivity contribution in [2.75, 3.05) is 12.0 Å². The average molecular weight is 255 g/mol. The van der Waals surface area contributed by atoms with Gasteiger partial charge in [-0.05, 0) is 19.1 Å². The fourth-order valence-corrected chi connectivity index (χ4v) is 2.94. The highest BCUT2D eigenvalue weighted by Crippen LogP contribution is 2.33. The van der Waals surface area contributed by atoms with Crippen LogP contribution in [-0.4, -0.2) is 27.1 Å². The van der Waals surface area contributed by atoms with Gasteiger partial charge in [0.2, 0.25) is 0 Å². The van der Waals surface area contributed by atoms with Crippen LogP contribution in [0.1, 0.15) is 48.5 Å². The van der Waals surface area contributed by atoms with Crippen LogP contribution in [0.4, 0.5) is 5.82 Å². The van der Waals surface area contributed by atoms with E-state index in [-0.39, 0.29) is 11.6 Å². The van der Waals surface area contributed by atoms with Crippen molar-refractivity contribution in [3.05, 3.63) is 5.56 Å². The van der Waals surface area contributed by atoms with Gasteiger partial charge in [0, 0.05) is 0 Å². The first-order valence-electron chi connectivity index (χ1n) is 5.80. The van der Waals surface area contributed by atoms with E-state index in [9.17, 15) is 4.79 Å². The zero-order valence-corrected chi connectivity index (χ0v) is 10.7. The Morgan fingerprint density at radius 3 is 2.59 bits per heavy atom. The second-order valence-corrected chi connectivity index (χ2v) is 5.11. The summed E-state index contributed by atoms with van der Waals surface area (Å²) in [5.74, 6) is -0.692. The van der Waals surface area contributed by atoms with Crippen molar-refractivity contribution in [1.29, 1.82) is 0 Å². The predicted octanol–water partition coefficient (Wildman–Crippen LogP) is 2.39. The van der Waals surface area contributed by atoms with E-state index in [1.807, 2.05) is 6.26 Å². The monoisotopic (exact) mass is 255 g/mol. The van der Waals surface area contributed by atoms with Crippen molar-refractivity contribution in [3.8, 4) is 0 Å². The van der Waals surface area contributed by atoms with Gasteiger partial charge in [0.25, 0.3) is 0 Å². The van der Waals surface area contributed by atoms with E-state index in [1.165, 1.54) is 31.0 Å². The van der Waals surface area contributed by atoms with Gasteiger partial charge >= 0.3 is 5.97 Å². The van der Waals surface area contributed by atoms with Gasteiger partial charge in [-0.2, -0.15) is 5.10 Å². The fraction of sp³-hybridized carbons (Fsp3) is 0.636. The highest BCUT2D eigenvalue weighted by Gasteiger charge is 2.25. The molecule has 1 fully saturated rings. The van der Waals surface area contributed by atoms with E-state index in [1.54, 1.807) is 4.68 Å². The molecule has 1 aromatic rings. The molecule has 1 heterocycles. The van der Waals surface area contributed by atoms with Crippen molar-refractivity contribution in [2.24, 2.45) is 0 Å². The maximum absolute atomic E-state index is 11.2. The lowest BCUT2D eigenvalue weighted by Crippen LogP contribution is -2.16. The number of aromatic nitrogens is 2. The number of nitrogens with zero attached hydrogens (tertiary/aromatic N) is 2. The number of carboxylic acid groups (broad SMARTS) is 1. The van der Waals surface area contributed by atoms with E-state index >= 15 is 0 Å². The van der Waals surface area contributed by atoms with Crippen LogP contribution in [0.3, 0.4) is 0 Å². The molecule has 0 radical (unpaired) electrons. The van der Waals surface area contributed by atoms with E-state index in [2.05, 4.69) is 5.10 Å². The number of anilines is 1. The molecule has 94 valence electrons. The van der Waals surface area contributed by atoms with Crippen LogP contribution in [0, 0.1) is 0 Å². The van der Waals surface area contributed by atoms with E-state index < -0.39 is 5.97 Å². The minimum Gasteiger partial charge on any atom is -0.477 e. The first-order valence-corrected chi connectivity index (χ1v) is 7.03. The number of nitrogen functional groups attached to an aromatic ring is 1. The fourth-order valence-electron chi connectivity index (χ4n) is 2.37. The third kappa shape index (κ3) is 2.26. The average Bonchev–Trinajstić information content (AvgIpc) is 2.67. The number of hydrogen-bond donors (Lipinski definition) is 2.